The van der Waals surface area contributed by atoms with Gasteiger partial charge in [0.15, 0.2) is 0 Å². The zero-order valence-electron chi connectivity index (χ0n) is 10.9. The largest absolute Gasteiger partial charge is 0.344 e. The molecule has 2 heterocycles. The molecule has 2 aromatic rings. The van der Waals surface area contributed by atoms with Gasteiger partial charge in [0.1, 0.15) is 5.82 Å². The maximum absolute atomic E-state index is 6.27. The van der Waals surface area contributed by atoms with Crippen LogP contribution in [0.25, 0.3) is 11.3 Å². The van der Waals surface area contributed by atoms with Crippen LogP contribution in [-0.4, -0.2) is 9.97 Å². The van der Waals surface area contributed by atoms with Gasteiger partial charge in [0.25, 0.3) is 0 Å². The highest BCUT2D eigenvalue weighted by Crippen LogP contribution is 2.36. The topological polar surface area (TPSA) is 54.7 Å². The van der Waals surface area contributed by atoms with Crippen LogP contribution in [-0.2, 0) is 12.8 Å². The molecule has 96 valence electrons. The Labute approximate surface area is 111 Å². The first-order valence-electron chi connectivity index (χ1n) is 6.61. The summed E-state index contributed by atoms with van der Waals surface area (Å²) in [6, 6.07) is 2.19. The second kappa shape index (κ2) is 4.52. The predicted molar refractivity (Wildman–Crippen MR) is 75.7 cm³/mol. The number of aryl methyl sites for hydroxylation is 2. The van der Waals surface area contributed by atoms with Crippen molar-refractivity contribution in [2.75, 3.05) is 0 Å². The van der Waals surface area contributed by atoms with Crippen LogP contribution in [0.4, 0.5) is 0 Å². The van der Waals surface area contributed by atoms with Gasteiger partial charge in [-0.25, -0.2) is 4.98 Å². The molecular weight excluding hydrogens is 242 g/mol. The van der Waals surface area contributed by atoms with Crippen molar-refractivity contribution in [3.8, 4) is 11.3 Å². The fourth-order valence-corrected chi connectivity index (χ4v) is 3.38. The molecule has 0 fully saturated rings. The minimum absolute atomic E-state index is 0.0164. The Balaban J connectivity index is 1.99. The average Bonchev–Trinajstić information content (AvgIpc) is 3.01. The minimum atomic E-state index is 0.0164. The summed E-state index contributed by atoms with van der Waals surface area (Å²) in [6.07, 6.45) is 3.26. The van der Waals surface area contributed by atoms with Crippen LogP contribution in [0, 0.1) is 5.92 Å². The number of H-pyrrole nitrogens is 1. The van der Waals surface area contributed by atoms with Gasteiger partial charge < -0.3 is 10.7 Å². The smallest absolute Gasteiger partial charge is 0.124 e. The molecule has 0 radical (unpaired) electrons. The van der Waals surface area contributed by atoms with Crippen LogP contribution >= 0.6 is 11.3 Å². The lowest BCUT2D eigenvalue weighted by Crippen LogP contribution is -2.19. The van der Waals surface area contributed by atoms with Crippen LogP contribution in [0.2, 0.25) is 0 Å². The normalized spacial score (nSPS) is 17.1. The molecule has 2 atom stereocenters. The van der Waals surface area contributed by atoms with Crippen LogP contribution in [0.5, 0.6) is 0 Å². The number of hydrogen-bond donors (Lipinski definition) is 2. The van der Waals surface area contributed by atoms with E-state index in [4.69, 9.17) is 10.7 Å². The van der Waals surface area contributed by atoms with Crippen LogP contribution in [0.3, 0.4) is 0 Å². The van der Waals surface area contributed by atoms with E-state index in [0.29, 0.717) is 5.92 Å². The highest BCUT2D eigenvalue weighted by atomic mass is 32.1. The Morgan fingerprint density at radius 3 is 3.11 bits per heavy atom. The first-order valence-corrected chi connectivity index (χ1v) is 7.49. The number of rotatable bonds is 3. The zero-order chi connectivity index (χ0) is 12.7. The van der Waals surface area contributed by atoms with Gasteiger partial charge >= 0.3 is 0 Å². The third kappa shape index (κ3) is 1.80. The number of aromatic amines is 1. The van der Waals surface area contributed by atoms with E-state index in [1.165, 1.54) is 16.1 Å². The van der Waals surface area contributed by atoms with Crippen LogP contribution in [0.15, 0.2) is 11.4 Å². The molecule has 0 bridgehead atoms. The molecule has 3 rings (SSSR count). The molecule has 3 nitrogen and oxygen atoms in total. The molecule has 4 heteroatoms. The molecule has 0 amide bonds. The monoisotopic (exact) mass is 261 g/mol. The van der Waals surface area contributed by atoms with E-state index in [2.05, 4.69) is 30.3 Å². The molecule has 1 aliphatic rings. The van der Waals surface area contributed by atoms with Gasteiger partial charge in [-0.05, 0) is 30.2 Å². The maximum atomic E-state index is 6.27. The van der Waals surface area contributed by atoms with Crippen molar-refractivity contribution in [2.45, 2.75) is 39.2 Å². The third-order valence-corrected chi connectivity index (χ3v) is 4.95. The summed E-state index contributed by atoms with van der Waals surface area (Å²) in [5.74, 6) is 1.41. The molecule has 1 aliphatic carbocycles. The quantitative estimate of drug-likeness (QED) is 0.891. The number of nitrogens with two attached hydrogens (primary N) is 1. The van der Waals surface area contributed by atoms with E-state index >= 15 is 0 Å². The summed E-state index contributed by atoms with van der Waals surface area (Å²) in [7, 11) is 0. The Kier molecular flexibility index (Phi) is 2.99. The number of hydrogen-bond acceptors (Lipinski definition) is 3. The van der Waals surface area contributed by atoms with E-state index < -0.39 is 0 Å². The summed E-state index contributed by atoms with van der Waals surface area (Å²) in [6.45, 7) is 4.35. The summed E-state index contributed by atoms with van der Waals surface area (Å²) < 4.78 is 0. The SMILES string of the molecule is CCC(C)C(N)c1nc2c([nH]1)CCc1sccc1-2. The average molecular weight is 261 g/mol. The molecule has 0 saturated heterocycles. The Hall–Kier alpha value is -1.13. The van der Waals surface area contributed by atoms with Gasteiger partial charge in [0.2, 0.25) is 0 Å². The van der Waals surface area contributed by atoms with Crippen molar-refractivity contribution in [3.05, 3.63) is 27.8 Å². The maximum Gasteiger partial charge on any atom is 0.124 e. The van der Waals surface area contributed by atoms with Crippen molar-refractivity contribution in [2.24, 2.45) is 11.7 Å². The van der Waals surface area contributed by atoms with Crippen molar-refractivity contribution in [3.63, 3.8) is 0 Å². The summed E-state index contributed by atoms with van der Waals surface area (Å²) >= 11 is 1.83. The van der Waals surface area contributed by atoms with E-state index in [1.807, 2.05) is 11.3 Å². The molecule has 0 aromatic carbocycles. The number of fused-ring (bicyclic) bond motifs is 3. The molecule has 2 aromatic heterocycles. The number of imidazole rings is 1. The number of thiophene rings is 1. The van der Waals surface area contributed by atoms with Gasteiger partial charge in [-0.3, -0.25) is 0 Å². The van der Waals surface area contributed by atoms with Crippen molar-refractivity contribution in [1.29, 1.82) is 0 Å². The second-order valence-electron chi connectivity index (χ2n) is 5.12. The van der Waals surface area contributed by atoms with Crippen LogP contribution < -0.4 is 5.73 Å². The highest BCUT2D eigenvalue weighted by Gasteiger charge is 2.24. The summed E-state index contributed by atoms with van der Waals surface area (Å²) in [5.41, 5.74) is 9.96. The second-order valence-corrected chi connectivity index (χ2v) is 6.12. The lowest BCUT2D eigenvalue weighted by atomic mass is 10.00. The minimum Gasteiger partial charge on any atom is -0.344 e. The molecular formula is C14H19N3S. The van der Waals surface area contributed by atoms with Gasteiger partial charge in [0.05, 0.1) is 11.7 Å². The fraction of sp³-hybridized carbons (Fsp3) is 0.500. The predicted octanol–water partition coefficient (Wildman–Crippen LogP) is 3.28. The molecule has 3 N–H and O–H groups in total. The van der Waals surface area contributed by atoms with Gasteiger partial charge in [-0.2, -0.15) is 0 Å². The van der Waals surface area contributed by atoms with Gasteiger partial charge in [0, 0.05) is 16.1 Å². The van der Waals surface area contributed by atoms with Crippen molar-refractivity contribution >= 4 is 11.3 Å². The Morgan fingerprint density at radius 1 is 1.50 bits per heavy atom. The molecule has 0 aliphatic heterocycles. The summed E-state index contributed by atoms with van der Waals surface area (Å²) in [5, 5.41) is 2.16. The zero-order valence-corrected chi connectivity index (χ0v) is 11.7. The van der Waals surface area contributed by atoms with Gasteiger partial charge in [-0.15, -0.1) is 11.3 Å². The fourth-order valence-electron chi connectivity index (χ4n) is 2.50. The van der Waals surface area contributed by atoms with Crippen LogP contribution in [0.1, 0.15) is 42.7 Å². The van der Waals surface area contributed by atoms with E-state index in [1.54, 1.807) is 0 Å². The van der Waals surface area contributed by atoms with Gasteiger partial charge in [-0.1, -0.05) is 20.3 Å². The molecule has 0 saturated carbocycles. The first-order chi connectivity index (χ1) is 8.70. The third-order valence-electron chi connectivity index (χ3n) is 3.97. The van der Waals surface area contributed by atoms with Crippen molar-refractivity contribution < 1.29 is 0 Å². The summed E-state index contributed by atoms with van der Waals surface area (Å²) in [4.78, 5) is 9.66. The van der Waals surface area contributed by atoms with E-state index in [0.717, 1.165) is 30.8 Å². The number of nitrogens with zero attached hydrogens (tertiary/aromatic N) is 1. The molecule has 0 spiro atoms. The molecule has 18 heavy (non-hydrogen) atoms. The highest BCUT2D eigenvalue weighted by molar-refractivity contribution is 7.10. The lowest BCUT2D eigenvalue weighted by molar-refractivity contribution is 0.441. The number of nitrogens with one attached hydrogen (secondary N) is 1. The van der Waals surface area contributed by atoms with Crippen molar-refractivity contribution in [1.82, 2.24) is 9.97 Å². The first kappa shape index (κ1) is 11.9. The standard InChI is InChI=1S/C14H19N3S/c1-3-8(2)12(15)14-16-10-4-5-11-9(6-7-18-11)13(10)17-14/h6-8,12H,3-5,15H2,1-2H3,(H,16,17). The lowest BCUT2D eigenvalue weighted by Gasteiger charge is -2.15. The number of aromatic nitrogens is 2. The Bertz CT molecular complexity index is 555. The Morgan fingerprint density at radius 2 is 2.33 bits per heavy atom. The van der Waals surface area contributed by atoms with E-state index in [-0.39, 0.29) is 6.04 Å². The molecule has 2 unspecified atom stereocenters. The van der Waals surface area contributed by atoms with E-state index in [9.17, 15) is 0 Å².